The van der Waals surface area contributed by atoms with Gasteiger partial charge in [-0.1, -0.05) is 0 Å². The lowest BCUT2D eigenvalue weighted by atomic mass is 10.1. The minimum absolute atomic E-state index is 0.0972. The summed E-state index contributed by atoms with van der Waals surface area (Å²) in [5.41, 5.74) is 0. The molecular formula is C12H22N2O2. The molecule has 0 aromatic carbocycles. The zero-order valence-electron chi connectivity index (χ0n) is 10.2. The Hall–Kier alpha value is -0.610. The molecule has 4 heteroatoms. The van der Waals surface area contributed by atoms with E-state index in [1.165, 1.54) is 12.8 Å². The lowest BCUT2D eigenvalue weighted by molar-refractivity contribution is -0.135. The number of nitrogens with zero attached hydrogens (tertiary/aromatic N) is 2. The van der Waals surface area contributed by atoms with Crippen molar-refractivity contribution in [2.75, 3.05) is 20.2 Å². The predicted molar refractivity (Wildman–Crippen MR) is 62.1 cm³/mol. The van der Waals surface area contributed by atoms with Crippen molar-refractivity contribution in [1.29, 1.82) is 0 Å². The van der Waals surface area contributed by atoms with Crippen molar-refractivity contribution in [1.82, 2.24) is 9.80 Å². The second kappa shape index (κ2) is 4.72. The molecule has 0 bridgehead atoms. The molecule has 2 atom stereocenters. The van der Waals surface area contributed by atoms with Crippen LogP contribution >= 0.6 is 0 Å². The quantitative estimate of drug-likeness (QED) is 0.760. The molecule has 0 radical (unpaired) electrons. The molecule has 1 aliphatic carbocycles. The van der Waals surface area contributed by atoms with Crippen LogP contribution in [0.5, 0.6) is 0 Å². The Morgan fingerprint density at radius 1 is 1.38 bits per heavy atom. The van der Waals surface area contributed by atoms with Crippen molar-refractivity contribution >= 4 is 5.91 Å². The van der Waals surface area contributed by atoms with Gasteiger partial charge in [0.15, 0.2) is 0 Å². The average Bonchev–Trinajstić information content (AvgIpc) is 3.07. The molecule has 0 spiro atoms. The van der Waals surface area contributed by atoms with Crippen LogP contribution in [0.25, 0.3) is 0 Å². The van der Waals surface area contributed by atoms with Crippen LogP contribution in [0.2, 0.25) is 0 Å². The second-order valence-corrected chi connectivity index (χ2v) is 5.10. The highest BCUT2D eigenvalue weighted by Crippen LogP contribution is 2.33. The topological polar surface area (TPSA) is 43.8 Å². The van der Waals surface area contributed by atoms with E-state index in [0.29, 0.717) is 18.5 Å². The largest absolute Gasteiger partial charge is 0.396 e. The number of carbonyl (C=O) groups is 1. The maximum atomic E-state index is 12.2. The molecule has 1 amide bonds. The Balaban J connectivity index is 2.17. The molecule has 92 valence electrons. The molecular weight excluding hydrogens is 204 g/mol. The molecule has 4 nitrogen and oxygen atoms in total. The monoisotopic (exact) mass is 226 g/mol. The fourth-order valence-corrected chi connectivity index (χ4v) is 2.71. The van der Waals surface area contributed by atoms with E-state index in [4.69, 9.17) is 5.11 Å². The SMILES string of the molecule is CC1CCN(C)C(=O)C(CCO)N1C1CC1. The lowest BCUT2D eigenvalue weighted by Gasteiger charge is -2.33. The number of rotatable bonds is 3. The van der Waals surface area contributed by atoms with Crippen LogP contribution in [-0.2, 0) is 4.79 Å². The number of carbonyl (C=O) groups excluding carboxylic acids is 1. The van der Waals surface area contributed by atoms with Crippen molar-refractivity contribution in [2.24, 2.45) is 0 Å². The van der Waals surface area contributed by atoms with E-state index in [-0.39, 0.29) is 18.6 Å². The normalized spacial score (nSPS) is 32.9. The van der Waals surface area contributed by atoms with Gasteiger partial charge >= 0.3 is 0 Å². The summed E-state index contributed by atoms with van der Waals surface area (Å²) in [6.45, 7) is 3.14. The van der Waals surface area contributed by atoms with E-state index in [1.807, 2.05) is 11.9 Å². The Morgan fingerprint density at radius 2 is 2.06 bits per heavy atom. The van der Waals surface area contributed by atoms with Gasteiger partial charge < -0.3 is 10.0 Å². The van der Waals surface area contributed by atoms with Gasteiger partial charge in [-0.2, -0.15) is 0 Å². The third kappa shape index (κ3) is 2.23. The number of hydrogen-bond donors (Lipinski definition) is 1. The predicted octanol–water partition coefficient (Wildman–Crippen LogP) is 0.452. The summed E-state index contributed by atoms with van der Waals surface area (Å²) in [5, 5.41) is 9.12. The van der Waals surface area contributed by atoms with Crippen LogP contribution < -0.4 is 0 Å². The molecule has 16 heavy (non-hydrogen) atoms. The summed E-state index contributed by atoms with van der Waals surface area (Å²) in [6.07, 6.45) is 4.04. The highest BCUT2D eigenvalue weighted by atomic mass is 16.3. The van der Waals surface area contributed by atoms with Crippen LogP contribution in [0.4, 0.5) is 0 Å². The maximum Gasteiger partial charge on any atom is 0.239 e. The van der Waals surface area contributed by atoms with Gasteiger partial charge in [-0.25, -0.2) is 0 Å². The maximum absolute atomic E-state index is 12.2. The van der Waals surface area contributed by atoms with E-state index in [1.54, 1.807) is 0 Å². The average molecular weight is 226 g/mol. The van der Waals surface area contributed by atoms with Gasteiger partial charge in [0.2, 0.25) is 5.91 Å². The Kier molecular flexibility index (Phi) is 3.50. The van der Waals surface area contributed by atoms with Gasteiger partial charge in [-0.15, -0.1) is 0 Å². The minimum atomic E-state index is -0.0972. The standard InChI is InChI=1S/C12H22N2O2/c1-9-5-7-13(2)12(16)11(6-8-15)14(9)10-3-4-10/h9-11,15H,3-8H2,1-2H3. The van der Waals surface area contributed by atoms with Crippen molar-refractivity contribution < 1.29 is 9.90 Å². The highest BCUT2D eigenvalue weighted by molar-refractivity contribution is 5.82. The summed E-state index contributed by atoms with van der Waals surface area (Å²) >= 11 is 0. The van der Waals surface area contributed by atoms with Crippen molar-refractivity contribution in [3.63, 3.8) is 0 Å². The first-order chi connectivity index (χ1) is 7.65. The van der Waals surface area contributed by atoms with E-state index in [0.717, 1.165) is 13.0 Å². The van der Waals surface area contributed by atoms with Crippen LogP contribution in [0.3, 0.4) is 0 Å². The number of aliphatic hydroxyl groups excluding tert-OH is 1. The minimum Gasteiger partial charge on any atom is -0.396 e. The zero-order valence-corrected chi connectivity index (χ0v) is 10.2. The fourth-order valence-electron chi connectivity index (χ4n) is 2.71. The Bertz CT molecular complexity index is 266. The molecule has 1 heterocycles. The molecule has 1 saturated carbocycles. The summed E-state index contributed by atoms with van der Waals surface area (Å²) in [7, 11) is 1.87. The number of aliphatic hydroxyl groups is 1. The van der Waals surface area contributed by atoms with Gasteiger partial charge in [0.05, 0.1) is 6.04 Å². The molecule has 1 saturated heterocycles. The summed E-state index contributed by atoms with van der Waals surface area (Å²) in [6, 6.07) is 0.944. The number of hydrogen-bond acceptors (Lipinski definition) is 3. The molecule has 2 aliphatic rings. The lowest BCUT2D eigenvalue weighted by Crippen LogP contribution is -2.48. The fraction of sp³-hybridized carbons (Fsp3) is 0.917. The van der Waals surface area contributed by atoms with Crippen LogP contribution in [-0.4, -0.2) is 59.1 Å². The summed E-state index contributed by atoms with van der Waals surface area (Å²) < 4.78 is 0. The Labute approximate surface area is 97.2 Å². The summed E-state index contributed by atoms with van der Waals surface area (Å²) in [5.74, 6) is 0.185. The Morgan fingerprint density at radius 3 is 2.62 bits per heavy atom. The molecule has 0 aromatic heterocycles. The molecule has 2 unspecified atom stereocenters. The van der Waals surface area contributed by atoms with Crippen molar-refractivity contribution in [3.8, 4) is 0 Å². The smallest absolute Gasteiger partial charge is 0.239 e. The van der Waals surface area contributed by atoms with Gasteiger partial charge in [0.25, 0.3) is 0 Å². The van der Waals surface area contributed by atoms with Gasteiger partial charge in [0.1, 0.15) is 0 Å². The molecule has 1 N–H and O–H groups in total. The molecule has 1 aliphatic heterocycles. The van der Waals surface area contributed by atoms with Gasteiger partial charge in [-0.05, 0) is 32.6 Å². The van der Waals surface area contributed by atoms with Crippen molar-refractivity contribution in [3.05, 3.63) is 0 Å². The summed E-state index contributed by atoms with van der Waals surface area (Å²) in [4.78, 5) is 16.4. The van der Waals surface area contributed by atoms with Crippen LogP contribution in [0.1, 0.15) is 32.6 Å². The van der Waals surface area contributed by atoms with E-state index in [2.05, 4.69) is 11.8 Å². The number of likely N-dealkylation sites (N-methyl/N-ethyl adjacent to an activating group) is 1. The third-order valence-corrected chi connectivity index (χ3v) is 3.78. The van der Waals surface area contributed by atoms with Gasteiger partial charge in [0, 0.05) is 32.3 Å². The van der Waals surface area contributed by atoms with Crippen molar-refractivity contribution in [2.45, 2.75) is 50.7 Å². The van der Waals surface area contributed by atoms with E-state index >= 15 is 0 Å². The second-order valence-electron chi connectivity index (χ2n) is 5.10. The molecule has 2 fully saturated rings. The van der Waals surface area contributed by atoms with E-state index in [9.17, 15) is 4.79 Å². The molecule has 2 rings (SSSR count). The first-order valence-corrected chi connectivity index (χ1v) is 6.28. The third-order valence-electron chi connectivity index (χ3n) is 3.78. The highest BCUT2D eigenvalue weighted by Gasteiger charge is 2.42. The van der Waals surface area contributed by atoms with Crippen LogP contribution in [0.15, 0.2) is 0 Å². The first kappa shape index (κ1) is 11.9. The van der Waals surface area contributed by atoms with E-state index < -0.39 is 0 Å². The zero-order chi connectivity index (χ0) is 11.7. The first-order valence-electron chi connectivity index (χ1n) is 6.28. The molecule has 0 aromatic rings. The van der Waals surface area contributed by atoms with Gasteiger partial charge in [-0.3, -0.25) is 9.69 Å². The van der Waals surface area contributed by atoms with Crippen LogP contribution in [0, 0.1) is 0 Å². The number of amides is 1.